The van der Waals surface area contributed by atoms with Gasteiger partial charge in [0.15, 0.2) is 0 Å². The Morgan fingerprint density at radius 2 is 1.90 bits per heavy atom. The van der Waals surface area contributed by atoms with Crippen LogP contribution in [0.2, 0.25) is 0 Å². The van der Waals surface area contributed by atoms with E-state index in [9.17, 15) is 8.78 Å². The van der Waals surface area contributed by atoms with E-state index in [1.807, 2.05) is 25.1 Å². The summed E-state index contributed by atoms with van der Waals surface area (Å²) < 4.78 is 33.5. The minimum absolute atomic E-state index is 0.206. The molecule has 5 heteroatoms. The van der Waals surface area contributed by atoms with E-state index in [2.05, 4.69) is 15.9 Å². The lowest BCUT2D eigenvalue weighted by molar-refractivity contribution is 0.502. The zero-order chi connectivity index (χ0) is 15.1. The molecule has 0 aliphatic carbocycles. The van der Waals surface area contributed by atoms with Crippen LogP contribution in [0.4, 0.5) is 8.78 Å². The van der Waals surface area contributed by atoms with E-state index in [0.29, 0.717) is 11.3 Å². The molecule has 0 saturated heterocycles. The second kappa shape index (κ2) is 5.24. The minimum Gasteiger partial charge on any atom is -0.459 e. The number of halogens is 3. The number of furan rings is 1. The van der Waals surface area contributed by atoms with Crippen LogP contribution in [-0.2, 0) is 0 Å². The Bertz CT molecular complexity index is 829. The minimum atomic E-state index is -0.781. The van der Waals surface area contributed by atoms with Crippen LogP contribution in [0.15, 0.2) is 45.3 Å². The van der Waals surface area contributed by atoms with Crippen molar-refractivity contribution >= 4 is 26.9 Å². The highest BCUT2D eigenvalue weighted by atomic mass is 79.9. The molecule has 2 N–H and O–H groups in total. The molecule has 3 aromatic rings. The normalized spacial score (nSPS) is 12.8. The second-order valence-electron chi connectivity index (χ2n) is 4.88. The molecule has 0 aliphatic heterocycles. The average Bonchev–Trinajstić information content (AvgIpc) is 2.75. The Kier molecular flexibility index (Phi) is 3.55. The smallest absolute Gasteiger partial charge is 0.134 e. The molecule has 1 unspecified atom stereocenters. The molecule has 0 radical (unpaired) electrons. The van der Waals surface area contributed by atoms with Gasteiger partial charge in [0.05, 0.1) is 6.04 Å². The number of benzene rings is 2. The first-order valence-corrected chi connectivity index (χ1v) is 7.15. The first-order chi connectivity index (χ1) is 9.97. The SMILES string of the molecule is Cc1c(C(N)c2ccc(F)cc2F)oc2ccc(Br)cc12. The summed E-state index contributed by atoms with van der Waals surface area (Å²) in [6.45, 7) is 1.87. The summed E-state index contributed by atoms with van der Waals surface area (Å²) in [6, 6.07) is 8.18. The van der Waals surface area contributed by atoms with E-state index >= 15 is 0 Å². The Morgan fingerprint density at radius 3 is 2.62 bits per heavy atom. The van der Waals surface area contributed by atoms with Crippen molar-refractivity contribution in [3.63, 3.8) is 0 Å². The van der Waals surface area contributed by atoms with Gasteiger partial charge < -0.3 is 10.2 Å². The van der Waals surface area contributed by atoms with E-state index in [-0.39, 0.29) is 5.56 Å². The highest BCUT2D eigenvalue weighted by Gasteiger charge is 2.21. The van der Waals surface area contributed by atoms with Crippen LogP contribution >= 0.6 is 15.9 Å². The number of aryl methyl sites for hydroxylation is 1. The summed E-state index contributed by atoms with van der Waals surface area (Å²) in [7, 11) is 0. The summed E-state index contributed by atoms with van der Waals surface area (Å²) in [5, 5.41) is 0.914. The molecule has 2 aromatic carbocycles. The van der Waals surface area contributed by atoms with Gasteiger partial charge in [-0.2, -0.15) is 0 Å². The Balaban J connectivity index is 2.13. The van der Waals surface area contributed by atoms with Gasteiger partial charge in [0.1, 0.15) is 23.0 Å². The van der Waals surface area contributed by atoms with Crippen molar-refractivity contribution in [1.29, 1.82) is 0 Å². The maximum absolute atomic E-state index is 13.9. The van der Waals surface area contributed by atoms with Crippen LogP contribution < -0.4 is 5.73 Å². The molecule has 1 atom stereocenters. The van der Waals surface area contributed by atoms with Crippen LogP contribution in [0.1, 0.15) is 22.9 Å². The Labute approximate surface area is 128 Å². The third-order valence-electron chi connectivity index (χ3n) is 3.52. The summed E-state index contributed by atoms with van der Waals surface area (Å²) >= 11 is 3.40. The van der Waals surface area contributed by atoms with Crippen LogP contribution in [0, 0.1) is 18.6 Å². The number of hydrogen-bond donors (Lipinski definition) is 1. The fourth-order valence-electron chi connectivity index (χ4n) is 2.40. The van der Waals surface area contributed by atoms with Crippen molar-refractivity contribution in [3.05, 3.63) is 69.4 Å². The first kappa shape index (κ1) is 14.2. The molecule has 0 aliphatic rings. The number of nitrogens with two attached hydrogens (primary N) is 1. The molecule has 2 nitrogen and oxygen atoms in total. The van der Waals surface area contributed by atoms with Gasteiger partial charge >= 0.3 is 0 Å². The molecule has 108 valence electrons. The molecule has 21 heavy (non-hydrogen) atoms. The largest absolute Gasteiger partial charge is 0.459 e. The summed E-state index contributed by atoms with van der Waals surface area (Å²) in [5.74, 6) is -0.828. The number of rotatable bonds is 2. The van der Waals surface area contributed by atoms with Crippen LogP contribution in [0.25, 0.3) is 11.0 Å². The molecule has 0 bridgehead atoms. The molecule has 0 spiro atoms. The van der Waals surface area contributed by atoms with E-state index < -0.39 is 17.7 Å². The third kappa shape index (κ3) is 2.47. The molecule has 1 aromatic heterocycles. The fourth-order valence-corrected chi connectivity index (χ4v) is 2.76. The van der Waals surface area contributed by atoms with Crippen molar-refractivity contribution in [2.24, 2.45) is 5.73 Å². The second-order valence-corrected chi connectivity index (χ2v) is 5.79. The quantitative estimate of drug-likeness (QED) is 0.718. The molecule has 3 rings (SSSR count). The first-order valence-electron chi connectivity index (χ1n) is 6.36. The lowest BCUT2D eigenvalue weighted by Gasteiger charge is -2.11. The maximum Gasteiger partial charge on any atom is 0.134 e. The van der Waals surface area contributed by atoms with Gasteiger partial charge in [-0.1, -0.05) is 22.0 Å². The van der Waals surface area contributed by atoms with Gasteiger partial charge in [0, 0.05) is 27.1 Å². The van der Waals surface area contributed by atoms with Crippen molar-refractivity contribution in [3.8, 4) is 0 Å². The van der Waals surface area contributed by atoms with Crippen LogP contribution in [-0.4, -0.2) is 0 Å². The maximum atomic E-state index is 13.9. The van der Waals surface area contributed by atoms with E-state index in [0.717, 1.165) is 21.5 Å². The van der Waals surface area contributed by atoms with Crippen molar-refractivity contribution < 1.29 is 13.2 Å². The Morgan fingerprint density at radius 1 is 1.14 bits per heavy atom. The highest BCUT2D eigenvalue weighted by molar-refractivity contribution is 9.10. The highest BCUT2D eigenvalue weighted by Crippen LogP contribution is 2.33. The van der Waals surface area contributed by atoms with Crippen LogP contribution in [0.5, 0.6) is 0 Å². The zero-order valence-corrected chi connectivity index (χ0v) is 12.7. The molecular formula is C16H12BrF2NO. The van der Waals surface area contributed by atoms with Crippen LogP contribution in [0.3, 0.4) is 0 Å². The molecule has 0 amide bonds. The number of hydrogen-bond acceptors (Lipinski definition) is 2. The lowest BCUT2D eigenvalue weighted by Crippen LogP contribution is -2.14. The summed E-state index contributed by atoms with van der Waals surface area (Å²) in [5.41, 5.74) is 7.84. The van der Waals surface area contributed by atoms with E-state index in [1.54, 1.807) is 0 Å². The molecule has 1 heterocycles. The lowest BCUT2D eigenvalue weighted by atomic mass is 10.0. The topological polar surface area (TPSA) is 39.2 Å². The monoisotopic (exact) mass is 351 g/mol. The van der Waals surface area contributed by atoms with Gasteiger partial charge in [-0.05, 0) is 31.2 Å². The molecule has 0 saturated carbocycles. The van der Waals surface area contributed by atoms with Gasteiger partial charge in [0.2, 0.25) is 0 Å². The van der Waals surface area contributed by atoms with Gasteiger partial charge in [-0.3, -0.25) is 0 Å². The van der Waals surface area contributed by atoms with Crippen molar-refractivity contribution in [2.75, 3.05) is 0 Å². The predicted molar refractivity (Wildman–Crippen MR) is 81.0 cm³/mol. The number of fused-ring (bicyclic) bond motifs is 1. The predicted octanol–water partition coefficient (Wildman–Crippen LogP) is 4.83. The summed E-state index contributed by atoms with van der Waals surface area (Å²) in [6.07, 6.45) is 0. The average molecular weight is 352 g/mol. The standard InChI is InChI=1S/C16H12BrF2NO/c1-8-12-6-9(17)2-5-14(12)21-16(8)15(20)11-4-3-10(18)7-13(11)19/h2-7,15H,20H2,1H3. The van der Waals surface area contributed by atoms with Crippen molar-refractivity contribution in [1.82, 2.24) is 0 Å². The van der Waals surface area contributed by atoms with Gasteiger partial charge in [-0.15, -0.1) is 0 Å². The zero-order valence-electron chi connectivity index (χ0n) is 11.2. The Hall–Kier alpha value is -1.72. The molecule has 0 fully saturated rings. The summed E-state index contributed by atoms with van der Waals surface area (Å²) in [4.78, 5) is 0. The third-order valence-corrected chi connectivity index (χ3v) is 4.01. The molecular weight excluding hydrogens is 340 g/mol. The van der Waals surface area contributed by atoms with E-state index in [1.165, 1.54) is 12.1 Å². The van der Waals surface area contributed by atoms with Crippen molar-refractivity contribution in [2.45, 2.75) is 13.0 Å². The fraction of sp³-hybridized carbons (Fsp3) is 0.125. The van der Waals surface area contributed by atoms with E-state index in [4.69, 9.17) is 10.2 Å². The van der Waals surface area contributed by atoms with Gasteiger partial charge in [-0.25, -0.2) is 8.78 Å². The van der Waals surface area contributed by atoms with Gasteiger partial charge in [0.25, 0.3) is 0 Å².